The summed E-state index contributed by atoms with van der Waals surface area (Å²) in [5.74, 6) is 2.58. The molecule has 3 aliphatic rings. The molecule has 0 aromatic heterocycles. The summed E-state index contributed by atoms with van der Waals surface area (Å²) in [7, 11) is 2.27. The van der Waals surface area contributed by atoms with Gasteiger partial charge in [-0.3, -0.25) is 0 Å². The van der Waals surface area contributed by atoms with Crippen molar-refractivity contribution in [1.29, 1.82) is 0 Å². The SMILES string of the molecule is CC1CC1CN(C)CCC1CCCC1(CO)NC1CC1. The molecule has 3 saturated carbocycles. The van der Waals surface area contributed by atoms with Crippen LogP contribution in [0, 0.1) is 17.8 Å². The van der Waals surface area contributed by atoms with Gasteiger partial charge in [0, 0.05) is 18.1 Å². The number of aliphatic hydroxyl groups excluding tert-OH is 1. The van der Waals surface area contributed by atoms with E-state index in [9.17, 15) is 5.11 Å². The maximum atomic E-state index is 9.94. The average Bonchev–Trinajstić information content (AvgIpc) is 3.31. The van der Waals surface area contributed by atoms with Crippen LogP contribution >= 0.6 is 0 Å². The van der Waals surface area contributed by atoms with Crippen molar-refractivity contribution in [2.24, 2.45) is 17.8 Å². The van der Waals surface area contributed by atoms with Crippen molar-refractivity contribution in [2.75, 3.05) is 26.7 Å². The van der Waals surface area contributed by atoms with Crippen molar-refractivity contribution in [3.05, 3.63) is 0 Å². The van der Waals surface area contributed by atoms with Gasteiger partial charge in [-0.15, -0.1) is 0 Å². The van der Waals surface area contributed by atoms with E-state index in [-0.39, 0.29) is 5.54 Å². The minimum Gasteiger partial charge on any atom is -0.394 e. The Morgan fingerprint density at radius 3 is 2.65 bits per heavy atom. The van der Waals surface area contributed by atoms with Crippen LogP contribution in [-0.4, -0.2) is 48.3 Å². The van der Waals surface area contributed by atoms with Gasteiger partial charge in [-0.2, -0.15) is 0 Å². The quantitative estimate of drug-likeness (QED) is 0.716. The molecule has 3 nitrogen and oxygen atoms in total. The fraction of sp³-hybridized carbons (Fsp3) is 1.00. The fourth-order valence-electron chi connectivity index (χ4n) is 4.16. The summed E-state index contributed by atoms with van der Waals surface area (Å²) in [5, 5.41) is 13.7. The van der Waals surface area contributed by atoms with Crippen molar-refractivity contribution >= 4 is 0 Å². The van der Waals surface area contributed by atoms with Gasteiger partial charge in [0.1, 0.15) is 0 Å². The molecule has 116 valence electrons. The van der Waals surface area contributed by atoms with Crippen LogP contribution in [0.4, 0.5) is 0 Å². The Morgan fingerprint density at radius 2 is 2.05 bits per heavy atom. The Labute approximate surface area is 124 Å². The standard InChI is InChI=1S/C17H32N2O/c1-13-10-14(13)11-19(2)9-7-15-4-3-8-17(15,12-20)18-16-5-6-16/h13-16,18,20H,3-12H2,1-2H3. The van der Waals surface area contributed by atoms with Crippen LogP contribution < -0.4 is 5.32 Å². The van der Waals surface area contributed by atoms with Crippen LogP contribution in [0.3, 0.4) is 0 Å². The number of hydrogen-bond acceptors (Lipinski definition) is 3. The molecule has 3 rings (SSSR count). The van der Waals surface area contributed by atoms with Crippen LogP contribution in [0.1, 0.15) is 51.9 Å². The third kappa shape index (κ3) is 3.37. The number of nitrogens with one attached hydrogen (secondary N) is 1. The summed E-state index contributed by atoms with van der Waals surface area (Å²) < 4.78 is 0. The van der Waals surface area contributed by atoms with Crippen molar-refractivity contribution in [1.82, 2.24) is 10.2 Å². The van der Waals surface area contributed by atoms with E-state index in [1.165, 1.54) is 58.0 Å². The molecule has 0 aliphatic heterocycles. The Kier molecular flexibility index (Phi) is 4.40. The third-order valence-corrected chi connectivity index (χ3v) is 5.99. The van der Waals surface area contributed by atoms with Crippen molar-refractivity contribution in [3.63, 3.8) is 0 Å². The van der Waals surface area contributed by atoms with E-state index in [0.29, 0.717) is 18.6 Å². The Balaban J connectivity index is 1.47. The summed E-state index contributed by atoms with van der Waals surface area (Å²) in [6.45, 7) is 5.17. The largest absolute Gasteiger partial charge is 0.394 e. The highest BCUT2D eigenvalue weighted by Crippen LogP contribution is 2.41. The fourth-order valence-corrected chi connectivity index (χ4v) is 4.16. The van der Waals surface area contributed by atoms with Gasteiger partial charge < -0.3 is 15.3 Å². The molecule has 3 fully saturated rings. The highest BCUT2D eigenvalue weighted by atomic mass is 16.3. The van der Waals surface area contributed by atoms with Crippen LogP contribution in [0.25, 0.3) is 0 Å². The summed E-state index contributed by atoms with van der Waals surface area (Å²) in [6, 6.07) is 0.702. The molecule has 0 amide bonds. The zero-order valence-corrected chi connectivity index (χ0v) is 13.3. The summed E-state index contributed by atoms with van der Waals surface area (Å²) in [5.41, 5.74) is 0.0505. The number of hydrogen-bond donors (Lipinski definition) is 2. The Bertz CT molecular complexity index is 331. The molecule has 20 heavy (non-hydrogen) atoms. The zero-order valence-electron chi connectivity index (χ0n) is 13.3. The van der Waals surface area contributed by atoms with Gasteiger partial charge in [0.05, 0.1) is 6.61 Å². The predicted octanol–water partition coefficient (Wildman–Crippen LogP) is 2.25. The smallest absolute Gasteiger partial charge is 0.0616 e. The van der Waals surface area contributed by atoms with E-state index in [1.807, 2.05) is 0 Å². The number of aliphatic hydroxyl groups is 1. The minimum absolute atomic E-state index is 0.0505. The maximum Gasteiger partial charge on any atom is 0.0616 e. The predicted molar refractivity (Wildman–Crippen MR) is 82.7 cm³/mol. The van der Waals surface area contributed by atoms with Gasteiger partial charge in [-0.05, 0) is 69.9 Å². The monoisotopic (exact) mass is 280 g/mol. The second-order valence-electron chi connectivity index (χ2n) is 7.85. The van der Waals surface area contributed by atoms with E-state index in [2.05, 4.69) is 24.2 Å². The minimum atomic E-state index is 0.0505. The number of nitrogens with zero attached hydrogens (tertiary/aromatic N) is 1. The van der Waals surface area contributed by atoms with E-state index >= 15 is 0 Å². The molecule has 2 N–H and O–H groups in total. The Hall–Kier alpha value is -0.120. The molecular weight excluding hydrogens is 248 g/mol. The van der Waals surface area contributed by atoms with E-state index in [1.54, 1.807) is 0 Å². The molecule has 0 bridgehead atoms. The van der Waals surface area contributed by atoms with E-state index in [0.717, 1.165) is 11.8 Å². The first-order valence-corrected chi connectivity index (χ1v) is 8.70. The van der Waals surface area contributed by atoms with Crippen LogP contribution in [0.5, 0.6) is 0 Å². The topological polar surface area (TPSA) is 35.5 Å². The first-order valence-electron chi connectivity index (χ1n) is 8.70. The molecule has 0 radical (unpaired) electrons. The molecule has 3 aliphatic carbocycles. The maximum absolute atomic E-state index is 9.94. The van der Waals surface area contributed by atoms with Gasteiger partial charge in [0.2, 0.25) is 0 Å². The molecule has 0 saturated heterocycles. The molecule has 0 aromatic carbocycles. The molecule has 0 spiro atoms. The summed E-state index contributed by atoms with van der Waals surface area (Å²) in [6.07, 6.45) is 9.06. The van der Waals surface area contributed by atoms with Gasteiger partial charge in [0.15, 0.2) is 0 Å². The molecular formula is C17H32N2O. The lowest BCUT2D eigenvalue weighted by atomic mass is 9.85. The van der Waals surface area contributed by atoms with Crippen LogP contribution in [-0.2, 0) is 0 Å². The normalized spacial score (nSPS) is 40.5. The van der Waals surface area contributed by atoms with Crippen molar-refractivity contribution < 1.29 is 5.11 Å². The van der Waals surface area contributed by atoms with E-state index in [4.69, 9.17) is 0 Å². The van der Waals surface area contributed by atoms with Gasteiger partial charge in [-0.1, -0.05) is 13.3 Å². The highest BCUT2D eigenvalue weighted by Gasteiger charge is 2.45. The summed E-state index contributed by atoms with van der Waals surface area (Å²) >= 11 is 0. The lowest BCUT2D eigenvalue weighted by Crippen LogP contribution is -2.53. The molecule has 0 heterocycles. The highest BCUT2D eigenvalue weighted by molar-refractivity contribution is 5.03. The molecule has 4 unspecified atom stereocenters. The molecule has 3 heteroatoms. The van der Waals surface area contributed by atoms with Gasteiger partial charge in [-0.25, -0.2) is 0 Å². The zero-order chi connectivity index (χ0) is 14.2. The van der Waals surface area contributed by atoms with Crippen molar-refractivity contribution in [3.8, 4) is 0 Å². The van der Waals surface area contributed by atoms with Crippen molar-refractivity contribution in [2.45, 2.75) is 63.5 Å². The first-order chi connectivity index (χ1) is 9.63. The van der Waals surface area contributed by atoms with Crippen LogP contribution in [0.2, 0.25) is 0 Å². The van der Waals surface area contributed by atoms with Gasteiger partial charge >= 0.3 is 0 Å². The van der Waals surface area contributed by atoms with Crippen LogP contribution in [0.15, 0.2) is 0 Å². The third-order valence-electron chi connectivity index (χ3n) is 5.99. The van der Waals surface area contributed by atoms with Gasteiger partial charge in [0.25, 0.3) is 0 Å². The lowest BCUT2D eigenvalue weighted by Gasteiger charge is -2.36. The first kappa shape index (κ1) is 14.8. The number of rotatable bonds is 8. The summed E-state index contributed by atoms with van der Waals surface area (Å²) in [4.78, 5) is 2.52. The Morgan fingerprint density at radius 1 is 1.30 bits per heavy atom. The second-order valence-corrected chi connectivity index (χ2v) is 7.85. The molecule has 4 atom stereocenters. The molecule has 0 aromatic rings. The average molecular weight is 280 g/mol. The van der Waals surface area contributed by atoms with E-state index < -0.39 is 0 Å². The lowest BCUT2D eigenvalue weighted by molar-refractivity contribution is 0.111. The second kappa shape index (κ2) is 5.94.